The topological polar surface area (TPSA) is 32.3 Å². The van der Waals surface area contributed by atoms with Gasteiger partial charge in [0.2, 0.25) is 0 Å². The van der Waals surface area contributed by atoms with E-state index in [-0.39, 0.29) is 12.6 Å². The summed E-state index contributed by atoms with van der Waals surface area (Å²) in [4.78, 5) is 0. The van der Waals surface area contributed by atoms with Crippen molar-refractivity contribution in [2.45, 2.75) is 53.1 Å². The molecule has 0 saturated heterocycles. The smallest absolute Gasteiger partial charge is 0.0584 e. The standard InChI is InChI=1S/C11H25NO/c1-8(2)6-11(7-13)12-10(5)9(3)4/h8-13H,6-7H2,1-5H3/t10-,11-/m0/s1. The molecule has 0 heterocycles. The van der Waals surface area contributed by atoms with Crippen molar-refractivity contribution in [3.63, 3.8) is 0 Å². The van der Waals surface area contributed by atoms with Gasteiger partial charge in [-0.1, -0.05) is 27.7 Å². The molecule has 2 N–H and O–H groups in total. The van der Waals surface area contributed by atoms with Crippen molar-refractivity contribution < 1.29 is 5.11 Å². The van der Waals surface area contributed by atoms with Crippen molar-refractivity contribution >= 4 is 0 Å². The summed E-state index contributed by atoms with van der Waals surface area (Å²) in [6, 6.07) is 0.744. The lowest BCUT2D eigenvalue weighted by Crippen LogP contribution is -2.42. The SMILES string of the molecule is CC(C)C[C@@H](CO)N[C@@H](C)C(C)C. The average molecular weight is 187 g/mol. The van der Waals surface area contributed by atoms with Crippen LogP contribution >= 0.6 is 0 Å². The fourth-order valence-corrected chi connectivity index (χ4v) is 1.33. The fourth-order valence-electron chi connectivity index (χ4n) is 1.33. The van der Waals surface area contributed by atoms with E-state index in [1.165, 1.54) is 0 Å². The number of nitrogens with one attached hydrogen (secondary N) is 1. The monoisotopic (exact) mass is 187 g/mol. The first-order chi connectivity index (χ1) is 5.97. The van der Waals surface area contributed by atoms with Gasteiger partial charge >= 0.3 is 0 Å². The van der Waals surface area contributed by atoms with Crippen LogP contribution < -0.4 is 5.32 Å². The van der Waals surface area contributed by atoms with Gasteiger partial charge in [0.25, 0.3) is 0 Å². The highest BCUT2D eigenvalue weighted by molar-refractivity contribution is 4.73. The van der Waals surface area contributed by atoms with Crippen LogP contribution in [0.5, 0.6) is 0 Å². The molecule has 0 aromatic carbocycles. The maximum absolute atomic E-state index is 9.14. The quantitative estimate of drug-likeness (QED) is 0.667. The first-order valence-corrected chi connectivity index (χ1v) is 5.34. The number of aliphatic hydroxyl groups is 1. The van der Waals surface area contributed by atoms with Gasteiger partial charge in [-0.25, -0.2) is 0 Å². The molecule has 80 valence electrons. The first-order valence-electron chi connectivity index (χ1n) is 5.34. The third-order valence-electron chi connectivity index (χ3n) is 2.47. The Morgan fingerprint density at radius 1 is 1.08 bits per heavy atom. The zero-order chi connectivity index (χ0) is 10.4. The Hall–Kier alpha value is -0.0800. The number of hydrogen-bond donors (Lipinski definition) is 2. The van der Waals surface area contributed by atoms with Crippen molar-refractivity contribution in [3.8, 4) is 0 Å². The van der Waals surface area contributed by atoms with E-state index in [2.05, 4.69) is 39.9 Å². The molecule has 0 spiro atoms. The molecule has 2 heteroatoms. The number of hydrogen-bond acceptors (Lipinski definition) is 2. The molecular weight excluding hydrogens is 162 g/mol. The summed E-state index contributed by atoms with van der Waals surface area (Å²) in [6.07, 6.45) is 1.05. The predicted molar refractivity (Wildman–Crippen MR) is 57.8 cm³/mol. The van der Waals surface area contributed by atoms with Crippen LogP contribution in [0.2, 0.25) is 0 Å². The second kappa shape index (κ2) is 6.39. The normalized spacial score (nSPS) is 16.6. The largest absolute Gasteiger partial charge is 0.395 e. The van der Waals surface area contributed by atoms with E-state index in [9.17, 15) is 0 Å². The molecule has 0 aliphatic rings. The van der Waals surface area contributed by atoms with Gasteiger partial charge in [0, 0.05) is 12.1 Å². The molecule has 0 radical (unpaired) electrons. The average Bonchev–Trinajstić information content (AvgIpc) is 2.02. The van der Waals surface area contributed by atoms with E-state index in [1.807, 2.05) is 0 Å². The summed E-state index contributed by atoms with van der Waals surface area (Å²) in [5.74, 6) is 1.27. The molecule has 0 bridgehead atoms. The Labute approximate surface area is 82.7 Å². The van der Waals surface area contributed by atoms with Crippen LogP contribution in [0.1, 0.15) is 41.0 Å². The van der Waals surface area contributed by atoms with Gasteiger partial charge in [-0.2, -0.15) is 0 Å². The van der Waals surface area contributed by atoms with Gasteiger partial charge < -0.3 is 10.4 Å². The second-order valence-corrected chi connectivity index (χ2v) is 4.71. The minimum atomic E-state index is 0.245. The second-order valence-electron chi connectivity index (χ2n) is 4.71. The van der Waals surface area contributed by atoms with E-state index in [1.54, 1.807) is 0 Å². The Morgan fingerprint density at radius 3 is 1.92 bits per heavy atom. The highest BCUT2D eigenvalue weighted by atomic mass is 16.3. The van der Waals surface area contributed by atoms with E-state index < -0.39 is 0 Å². The Bertz CT molecular complexity index is 123. The van der Waals surface area contributed by atoms with Crippen LogP contribution in [0.25, 0.3) is 0 Å². The van der Waals surface area contributed by atoms with Gasteiger partial charge in [0.1, 0.15) is 0 Å². The molecule has 2 atom stereocenters. The van der Waals surface area contributed by atoms with E-state index in [4.69, 9.17) is 5.11 Å². The lowest BCUT2D eigenvalue weighted by molar-refractivity contribution is 0.206. The van der Waals surface area contributed by atoms with Gasteiger partial charge in [0.05, 0.1) is 6.61 Å². The van der Waals surface area contributed by atoms with Crippen molar-refractivity contribution in [3.05, 3.63) is 0 Å². The van der Waals surface area contributed by atoms with E-state index >= 15 is 0 Å². The molecule has 2 nitrogen and oxygen atoms in total. The molecule has 0 aromatic rings. The lowest BCUT2D eigenvalue weighted by Gasteiger charge is -2.25. The molecular formula is C11H25NO. The third kappa shape index (κ3) is 6.05. The summed E-state index contributed by atoms with van der Waals surface area (Å²) >= 11 is 0. The zero-order valence-corrected chi connectivity index (χ0v) is 9.67. The summed E-state index contributed by atoms with van der Waals surface area (Å²) < 4.78 is 0. The molecule has 0 aromatic heterocycles. The number of rotatable bonds is 6. The molecule has 0 fully saturated rings. The van der Waals surface area contributed by atoms with Gasteiger partial charge in [0.15, 0.2) is 0 Å². The fraction of sp³-hybridized carbons (Fsp3) is 1.00. The third-order valence-corrected chi connectivity index (χ3v) is 2.47. The highest BCUT2D eigenvalue weighted by Crippen LogP contribution is 2.07. The van der Waals surface area contributed by atoms with Gasteiger partial charge in [-0.3, -0.25) is 0 Å². The maximum Gasteiger partial charge on any atom is 0.0584 e. The predicted octanol–water partition coefficient (Wildman–Crippen LogP) is 2.03. The van der Waals surface area contributed by atoms with Crippen LogP contribution in [0.3, 0.4) is 0 Å². The van der Waals surface area contributed by atoms with Crippen molar-refractivity contribution in [2.75, 3.05) is 6.61 Å². The van der Waals surface area contributed by atoms with Crippen LogP contribution in [0.4, 0.5) is 0 Å². The Morgan fingerprint density at radius 2 is 1.62 bits per heavy atom. The zero-order valence-electron chi connectivity index (χ0n) is 9.67. The van der Waals surface area contributed by atoms with Crippen molar-refractivity contribution in [2.24, 2.45) is 11.8 Å². The van der Waals surface area contributed by atoms with Crippen LogP contribution in [0, 0.1) is 11.8 Å². The molecule has 0 rings (SSSR count). The summed E-state index contributed by atoms with van der Waals surface area (Å²) in [5, 5.41) is 12.6. The lowest BCUT2D eigenvalue weighted by atomic mass is 10.0. The first kappa shape index (κ1) is 12.9. The molecule has 0 aliphatic carbocycles. The minimum Gasteiger partial charge on any atom is -0.395 e. The van der Waals surface area contributed by atoms with Crippen LogP contribution in [-0.4, -0.2) is 23.8 Å². The van der Waals surface area contributed by atoms with Gasteiger partial charge in [-0.05, 0) is 25.2 Å². The van der Waals surface area contributed by atoms with Crippen molar-refractivity contribution in [1.82, 2.24) is 5.32 Å². The summed E-state index contributed by atoms with van der Waals surface area (Å²) in [5.41, 5.74) is 0. The molecule has 0 amide bonds. The molecule has 13 heavy (non-hydrogen) atoms. The van der Waals surface area contributed by atoms with Crippen molar-refractivity contribution in [1.29, 1.82) is 0 Å². The molecule has 0 saturated carbocycles. The summed E-state index contributed by atoms with van der Waals surface area (Å²) in [7, 11) is 0. The molecule has 0 unspecified atom stereocenters. The van der Waals surface area contributed by atoms with Crippen LogP contribution in [-0.2, 0) is 0 Å². The summed E-state index contributed by atoms with van der Waals surface area (Å²) in [6.45, 7) is 11.2. The van der Waals surface area contributed by atoms with Gasteiger partial charge in [-0.15, -0.1) is 0 Å². The molecule has 0 aliphatic heterocycles. The Balaban J connectivity index is 3.83. The Kier molecular flexibility index (Phi) is 6.35. The van der Waals surface area contributed by atoms with E-state index in [0.29, 0.717) is 17.9 Å². The number of aliphatic hydroxyl groups excluding tert-OH is 1. The maximum atomic E-state index is 9.14. The minimum absolute atomic E-state index is 0.245. The van der Waals surface area contributed by atoms with Crippen LogP contribution in [0.15, 0.2) is 0 Å². The highest BCUT2D eigenvalue weighted by Gasteiger charge is 2.14. The van der Waals surface area contributed by atoms with E-state index in [0.717, 1.165) is 6.42 Å².